The van der Waals surface area contributed by atoms with Crippen LogP contribution in [0, 0.1) is 6.92 Å². The largest absolute Gasteiger partial charge is 0.256 e. The van der Waals surface area contributed by atoms with Gasteiger partial charge in [0, 0.05) is 11.6 Å². The van der Waals surface area contributed by atoms with Gasteiger partial charge in [0.1, 0.15) is 0 Å². The molecule has 3 rings (SSSR count). The normalized spacial score (nSPS) is 11.0. The molecule has 1 aromatic heterocycles. The van der Waals surface area contributed by atoms with Gasteiger partial charge in [-0.15, -0.1) is 0 Å². The molecule has 2 aromatic carbocycles. The molecule has 1 heterocycles. The third-order valence-corrected chi connectivity index (χ3v) is 2.82. The first-order chi connectivity index (χ1) is 7.34. The van der Waals surface area contributed by atoms with E-state index < -0.39 is 0 Å². The summed E-state index contributed by atoms with van der Waals surface area (Å²) < 4.78 is 0. The van der Waals surface area contributed by atoms with Crippen molar-refractivity contribution in [3.63, 3.8) is 0 Å². The molecule has 0 amide bonds. The molecule has 0 saturated heterocycles. The Kier molecular flexibility index (Phi) is 1.72. The van der Waals surface area contributed by atoms with E-state index in [4.69, 9.17) is 0 Å². The third kappa shape index (κ3) is 1.28. The van der Waals surface area contributed by atoms with Crippen LogP contribution < -0.4 is 0 Å². The number of aryl methyl sites for hydroxylation is 1. The lowest BCUT2D eigenvalue weighted by Gasteiger charge is -2.03. The van der Waals surface area contributed by atoms with Crippen LogP contribution in [0.3, 0.4) is 0 Å². The zero-order valence-electron chi connectivity index (χ0n) is 8.57. The average molecular weight is 193 g/mol. The zero-order chi connectivity index (χ0) is 10.3. The Bertz CT molecular complexity index is 641. The third-order valence-electron chi connectivity index (χ3n) is 2.82. The first-order valence-corrected chi connectivity index (χ1v) is 5.09. The van der Waals surface area contributed by atoms with E-state index in [-0.39, 0.29) is 0 Å². The minimum Gasteiger partial charge on any atom is -0.256 e. The molecular formula is C14H11N. The Hall–Kier alpha value is -1.89. The number of pyridine rings is 1. The summed E-state index contributed by atoms with van der Waals surface area (Å²) in [4.78, 5) is 4.37. The monoisotopic (exact) mass is 193 g/mol. The highest BCUT2D eigenvalue weighted by Crippen LogP contribution is 2.23. The maximum Gasteiger partial charge on any atom is 0.0708 e. The Balaban J connectivity index is 2.53. The molecule has 72 valence electrons. The van der Waals surface area contributed by atoms with Gasteiger partial charge >= 0.3 is 0 Å². The molecule has 0 N–H and O–H groups in total. The van der Waals surface area contributed by atoms with Gasteiger partial charge in [0.05, 0.1) is 5.52 Å². The number of benzene rings is 2. The second-order valence-electron chi connectivity index (χ2n) is 3.84. The van der Waals surface area contributed by atoms with Crippen molar-refractivity contribution in [3.05, 3.63) is 54.2 Å². The Morgan fingerprint density at radius 2 is 1.80 bits per heavy atom. The van der Waals surface area contributed by atoms with Gasteiger partial charge in [0.25, 0.3) is 0 Å². The summed E-state index contributed by atoms with van der Waals surface area (Å²) in [5.41, 5.74) is 2.37. The zero-order valence-corrected chi connectivity index (χ0v) is 8.57. The first kappa shape index (κ1) is 8.42. The van der Waals surface area contributed by atoms with Crippen LogP contribution in [0.2, 0.25) is 0 Å². The highest BCUT2D eigenvalue weighted by molar-refractivity contribution is 5.97. The number of nitrogens with zero attached hydrogens (tertiary/aromatic N) is 1. The molecule has 0 bridgehead atoms. The van der Waals surface area contributed by atoms with E-state index in [1.807, 2.05) is 12.3 Å². The minimum absolute atomic E-state index is 1.07. The van der Waals surface area contributed by atoms with E-state index in [9.17, 15) is 0 Å². The van der Waals surface area contributed by atoms with Gasteiger partial charge in [-0.2, -0.15) is 0 Å². The van der Waals surface area contributed by atoms with Gasteiger partial charge < -0.3 is 0 Å². The Morgan fingerprint density at radius 1 is 0.933 bits per heavy atom. The highest BCUT2D eigenvalue weighted by Gasteiger charge is 1.99. The van der Waals surface area contributed by atoms with E-state index in [0.717, 1.165) is 5.52 Å². The summed E-state index contributed by atoms with van der Waals surface area (Å²) >= 11 is 0. The van der Waals surface area contributed by atoms with Gasteiger partial charge in [-0.1, -0.05) is 24.3 Å². The van der Waals surface area contributed by atoms with Crippen LogP contribution in [0.4, 0.5) is 0 Å². The predicted molar refractivity (Wildman–Crippen MR) is 64.0 cm³/mol. The molecule has 0 aliphatic carbocycles. The molecule has 3 aromatic rings. The van der Waals surface area contributed by atoms with Crippen LogP contribution >= 0.6 is 0 Å². The van der Waals surface area contributed by atoms with Crippen molar-refractivity contribution >= 4 is 21.7 Å². The molecule has 0 unspecified atom stereocenters. The quantitative estimate of drug-likeness (QED) is 0.496. The maximum atomic E-state index is 4.37. The lowest BCUT2D eigenvalue weighted by Crippen LogP contribution is -1.81. The summed E-state index contributed by atoms with van der Waals surface area (Å²) in [5.74, 6) is 0. The summed E-state index contributed by atoms with van der Waals surface area (Å²) in [7, 11) is 0. The molecule has 0 aliphatic heterocycles. The second-order valence-corrected chi connectivity index (χ2v) is 3.84. The lowest BCUT2D eigenvalue weighted by molar-refractivity contribution is 1.42. The van der Waals surface area contributed by atoms with E-state index in [1.54, 1.807) is 0 Å². The first-order valence-electron chi connectivity index (χ1n) is 5.09. The van der Waals surface area contributed by atoms with Crippen molar-refractivity contribution in [2.45, 2.75) is 6.92 Å². The Morgan fingerprint density at radius 3 is 2.73 bits per heavy atom. The summed E-state index contributed by atoms with van der Waals surface area (Å²) in [6, 6.07) is 14.8. The van der Waals surface area contributed by atoms with E-state index in [1.165, 1.54) is 21.7 Å². The summed E-state index contributed by atoms with van der Waals surface area (Å²) in [5, 5.41) is 3.79. The van der Waals surface area contributed by atoms with Crippen LogP contribution in [0.25, 0.3) is 21.7 Å². The van der Waals surface area contributed by atoms with Gasteiger partial charge in [-0.25, -0.2) is 0 Å². The van der Waals surface area contributed by atoms with Crippen LogP contribution in [0.1, 0.15) is 5.56 Å². The van der Waals surface area contributed by atoms with Crippen LogP contribution in [0.5, 0.6) is 0 Å². The molecule has 0 spiro atoms. The predicted octanol–water partition coefficient (Wildman–Crippen LogP) is 3.70. The van der Waals surface area contributed by atoms with Crippen molar-refractivity contribution in [1.82, 2.24) is 4.98 Å². The van der Waals surface area contributed by atoms with Crippen LogP contribution in [-0.4, -0.2) is 4.98 Å². The molecule has 15 heavy (non-hydrogen) atoms. The fourth-order valence-corrected chi connectivity index (χ4v) is 2.00. The van der Waals surface area contributed by atoms with Crippen LogP contribution in [0.15, 0.2) is 48.7 Å². The summed E-state index contributed by atoms with van der Waals surface area (Å²) in [6.07, 6.45) is 1.84. The molecule has 1 nitrogen and oxygen atoms in total. The van der Waals surface area contributed by atoms with Crippen molar-refractivity contribution in [2.24, 2.45) is 0 Å². The van der Waals surface area contributed by atoms with E-state index in [2.05, 4.69) is 48.3 Å². The SMILES string of the molecule is Cc1cccc2cc3cccnc3cc12. The molecule has 0 radical (unpaired) electrons. The highest BCUT2D eigenvalue weighted by atomic mass is 14.6. The fraction of sp³-hybridized carbons (Fsp3) is 0.0714. The topological polar surface area (TPSA) is 12.9 Å². The van der Waals surface area contributed by atoms with Gasteiger partial charge in [-0.05, 0) is 41.5 Å². The standard InChI is InChI=1S/C14H11N/c1-10-4-2-5-11-8-12-6-3-7-15-14(12)9-13(10)11/h2-9H,1H3. The minimum atomic E-state index is 1.07. The number of aromatic nitrogens is 1. The van der Waals surface area contributed by atoms with Crippen molar-refractivity contribution in [1.29, 1.82) is 0 Å². The molecule has 1 heteroatoms. The van der Waals surface area contributed by atoms with Gasteiger partial charge in [-0.3, -0.25) is 4.98 Å². The molecular weight excluding hydrogens is 182 g/mol. The van der Waals surface area contributed by atoms with Crippen molar-refractivity contribution < 1.29 is 0 Å². The molecule has 0 aliphatic rings. The lowest BCUT2D eigenvalue weighted by atomic mass is 10.0. The number of fused-ring (bicyclic) bond motifs is 2. The van der Waals surface area contributed by atoms with Gasteiger partial charge in [0.15, 0.2) is 0 Å². The van der Waals surface area contributed by atoms with E-state index >= 15 is 0 Å². The average Bonchev–Trinajstić information content (AvgIpc) is 2.27. The summed E-state index contributed by atoms with van der Waals surface area (Å²) in [6.45, 7) is 2.14. The van der Waals surface area contributed by atoms with Gasteiger partial charge in [0.2, 0.25) is 0 Å². The van der Waals surface area contributed by atoms with E-state index in [0.29, 0.717) is 0 Å². The number of hydrogen-bond donors (Lipinski definition) is 0. The number of rotatable bonds is 0. The van der Waals surface area contributed by atoms with Crippen molar-refractivity contribution in [3.8, 4) is 0 Å². The van der Waals surface area contributed by atoms with Crippen LogP contribution in [-0.2, 0) is 0 Å². The smallest absolute Gasteiger partial charge is 0.0708 e. The number of hydrogen-bond acceptors (Lipinski definition) is 1. The molecule has 0 atom stereocenters. The van der Waals surface area contributed by atoms with Crippen molar-refractivity contribution in [2.75, 3.05) is 0 Å². The second kappa shape index (κ2) is 3.06. The molecule has 0 fully saturated rings. The fourth-order valence-electron chi connectivity index (χ4n) is 2.00. The molecule has 0 saturated carbocycles. The maximum absolute atomic E-state index is 4.37. The Labute approximate surface area is 88.4 Å².